The van der Waals surface area contributed by atoms with Crippen LogP contribution in [0.4, 0.5) is 0 Å². The van der Waals surface area contributed by atoms with Crippen LogP contribution in [0.5, 0.6) is 0 Å². The molecule has 1 heterocycles. The number of hydrogen-bond acceptors (Lipinski definition) is 9. The van der Waals surface area contributed by atoms with E-state index in [0.29, 0.717) is 12.8 Å². The fourth-order valence-corrected chi connectivity index (χ4v) is 12.3. The van der Waals surface area contributed by atoms with Crippen molar-refractivity contribution in [3.8, 4) is 0 Å². The van der Waals surface area contributed by atoms with E-state index in [4.69, 9.17) is 9.47 Å². The Kier molecular flexibility index (Phi) is 8.33. The molecule has 5 aliphatic carbocycles. The van der Waals surface area contributed by atoms with E-state index in [9.17, 15) is 35.7 Å². The van der Waals surface area contributed by atoms with E-state index < -0.39 is 59.8 Å². The number of ether oxygens (including phenoxy) is 2. The van der Waals surface area contributed by atoms with Gasteiger partial charge in [-0.2, -0.15) is 0 Å². The van der Waals surface area contributed by atoms with Gasteiger partial charge in [-0.25, -0.2) is 0 Å². The molecule has 9 heteroatoms. The van der Waals surface area contributed by atoms with Gasteiger partial charge in [0.05, 0.1) is 37.6 Å². The van der Waals surface area contributed by atoms with Gasteiger partial charge in [-0.05, 0) is 91.8 Å². The Morgan fingerprint density at radius 3 is 2.16 bits per heavy atom. The maximum Gasteiger partial charge on any atom is 0.186 e. The molecule has 258 valence electrons. The normalized spacial score (nSPS) is 57.6. The van der Waals surface area contributed by atoms with Crippen LogP contribution in [0.3, 0.4) is 0 Å². The molecule has 0 aromatic rings. The molecule has 0 bridgehead atoms. The highest BCUT2D eigenvalue weighted by Crippen LogP contribution is 2.75. The molecule has 0 aromatic heterocycles. The maximum atomic E-state index is 12.3. The highest BCUT2D eigenvalue weighted by atomic mass is 16.7. The van der Waals surface area contributed by atoms with E-state index in [2.05, 4.69) is 40.7 Å². The molecular formula is C36H60O9. The van der Waals surface area contributed by atoms with Crippen molar-refractivity contribution in [1.82, 2.24) is 0 Å². The summed E-state index contributed by atoms with van der Waals surface area (Å²) >= 11 is 0. The minimum absolute atomic E-state index is 0.00276. The minimum Gasteiger partial charge on any atom is -0.396 e. The number of rotatable bonds is 4. The summed E-state index contributed by atoms with van der Waals surface area (Å²) in [7, 11) is 0. The zero-order valence-corrected chi connectivity index (χ0v) is 28.4. The highest BCUT2D eigenvalue weighted by Gasteiger charge is 2.72. The van der Waals surface area contributed by atoms with Gasteiger partial charge in [-0.3, -0.25) is 0 Å². The fourth-order valence-electron chi connectivity index (χ4n) is 12.3. The first kappa shape index (κ1) is 34.3. The summed E-state index contributed by atoms with van der Waals surface area (Å²) in [6.45, 7) is 14.9. The second kappa shape index (κ2) is 10.9. The standard InChI is InChI=1S/C36H60O9/c1-19-26(41)27(42)28(43)30(44-19)45-25-9-10-32(4)23(33(25,5)17-37)8-11-34(6)29(32)22(39)14-20-21-15-31(2,3)12-13-36(21,18-38)24(40)16-35(20,34)7/h14,19,21-30,37-43H,8-13,15-18H2,1-7H3/t19-,21-,22-,23-,24+,25+,26+,27+,28-,29-,30+,32+,33+,34-,35-,36-/m1/s1. The average molecular weight is 637 g/mol. The second-order valence-electron chi connectivity index (χ2n) is 18.0. The lowest BCUT2D eigenvalue weighted by molar-refractivity contribution is -0.329. The Balaban J connectivity index is 1.35. The van der Waals surface area contributed by atoms with Gasteiger partial charge in [0.1, 0.15) is 18.3 Å². The summed E-state index contributed by atoms with van der Waals surface area (Å²) in [6.07, 6.45) is 0.513. The molecule has 4 saturated carbocycles. The van der Waals surface area contributed by atoms with Crippen molar-refractivity contribution < 1.29 is 45.2 Å². The first-order chi connectivity index (χ1) is 20.8. The van der Waals surface area contributed by atoms with Crippen molar-refractivity contribution >= 4 is 0 Å². The van der Waals surface area contributed by atoms with Crippen LogP contribution in [0.15, 0.2) is 11.6 Å². The molecule has 0 spiro atoms. The van der Waals surface area contributed by atoms with Crippen molar-refractivity contribution in [2.24, 2.45) is 50.2 Å². The Labute approximate surface area is 269 Å². The van der Waals surface area contributed by atoms with Gasteiger partial charge in [0.15, 0.2) is 6.29 Å². The zero-order valence-electron chi connectivity index (χ0n) is 28.4. The van der Waals surface area contributed by atoms with Crippen LogP contribution < -0.4 is 0 Å². The van der Waals surface area contributed by atoms with Crippen LogP contribution in [0, 0.1) is 50.2 Å². The van der Waals surface area contributed by atoms with Gasteiger partial charge in [0.2, 0.25) is 0 Å². The average Bonchev–Trinajstić information content (AvgIpc) is 2.97. The van der Waals surface area contributed by atoms with E-state index in [-0.39, 0.29) is 52.6 Å². The molecule has 45 heavy (non-hydrogen) atoms. The Hall–Kier alpha value is -0.620. The maximum absolute atomic E-state index is 12.3. The summed E-state index contributed by atoms with van der Waals surface area (Å²) in [5.41, 5.74) is -1.03. The molecule has 0 aromatic carbocycles. The van der Waals surface area contributed by atoms with Crippen molar-refractivity contribution in [2.45, 2.75) is 149 Å². The third-order valence-electron chi connectivity index (χ3n) is 15.3. The molecule has 1 saturated heterocycles. The lowest BCUT2D eigenvalue weighted by Crippen LogP contribution is -2.70. The summed E-state index contributed by atoms with van der Waals surface area (Å²) < 4.78 is 12.2. The van der Waals surface area contributed by atoms with E-state index in [0.717, 1.165) is 38.5 Å². The lowest BCUT2D eigenvalue weighted by Gasteiger charge is -2.72. The largest absolute Gasteiger partial charge is 0.396 e. The summed E-state index contributed by atoms with van der Waals surface area (Å²) in [6, 6.07) is 0. The van der Waals surface area contributed by atoms with Gasteiger partial charge >= 0.3 is 0 Å². The van der Waals surface area contributed by atoms with Gasteiger partial charge in [-0.15, -0.1) is 0 Å². The molecule has 1 aliphatic heterocycles. The molecule has 6 aliphatic rings. The fraction of sp³-hybridized carbons (Fsp3) is 0.944. The van der Waals surface area contributed by atoms with Crippen LogP contribution in [0.25, 0.3) is 0 Å². The zero-order chi connectivity index (χ0) is 33.1. The molecule has 0 unspecified atom stereocenters. The van der Waals surface area contributed by atoms with Gasteiger partial charge in [0.25, 0.3) is 0 Å². The predicted octanol–water partition coefficient (Wildman–Crippen LogP) is 2.91. The van der Waals surface area contributed by atoms with Crippen molar-refractivity contribution in [3.05, 3.63) is 11.6 Å². The molecule has 9 nitrogen and oxygen atoms in total. The van der Waals surface area contributed by atoms with Gasteiger partial charge in [-0.1, -0.05) is 53.2 Å². The number of allylic oxidation sites excluding steroid dienone is 1. The number of aliphatic hydroxyl groups excluding tert-OH is 7. The van der Waals surface area contributed by atoms with E-state index in [1.165, 1.54) is 5.57 Å². The van der Waals surface area contributed by atoms with Crippen molar-refractivity contribution in [1.29, 1.82) is 0 Å². The summed E-state index contributed by atoms with van der Waals surface area (Å²) in [4.78, 5) is 0. The molecule has 16 atom stereocenters. The summed E-state index contributed by atoms with van der Waals surface area (Å²) in [5, 5.41) is 77.3. The van der Waals surface area contributed by atoms with Crippen LogP contribution >= 0.6 is 0 Å². The topological polar surface area (TPSA) is 160 Å². The van der Waals surface area contributed by atoms with Gasteiger partial charge < -0.3 is 45.2 Å². The van der Waals surface area contributed by atoms with E-state index in [1.807, 2.05) is 6.92 Å². The second-order valence-corrected chi connectivity index (χ2v) is 18.0. The Bertz CT molecular complexity index is 1180. The van der Waals surface area contributed by atoms with Gasteiger partial charge in [0, 0.05) is 16.7 Å². The molecule has 7 N–H and O–H groups in total. The third kappa shape index (κ3) is 4.58. The molecule has 0 radical (unpaired) electrons. The van der Waals surface area contributed by atoms with Crippen molar-refractivity contribution in [2.75, 3.05) is 13.2 Å². The lowest BCUT2D eigenvalue weighted by atomic mass is 9.33. The predicted molar refractivity (Wildman–Crippen MR) is 168 cm³/mol. The number of aliphatic hydroxyl groups is 7. The monoisotopic (exact) mass is 636 g/mol. The van der Waals surface area contributed by atoms with E-state index in [1.54, 1.807) is 6.92 Å². The summed E-state index contributed by atoms with van der Waals surface area (Å²) in [5.74, 6) is -0.126. The van der Waals surface area contributed by atoms with Crippen molar-refractivity contribution in [3.63, 3.8) is 0 Å². The molecule has 0 amide bonds. The van der Waals surface area contributed by atoms with Crippen LogP contribution in [-0.4, -0.2) is 98.0 Å². The van der Waals surface area contributed by atoms with Crippen LogP contribution in [0.1, 0.15) is 99.8 Å². The highest BCUT2D eigenvalue weighted by molar-refractivity contribution is 5.37. The molecule has 5 fully saturated rings. The Morgan fingerprint density at radius 1 is 0.822 bits per heavy atom. The SMILES string of the molecule is C[C@H]1O[C@@H](O[C@H]2CC[C@@]3(C)[C@@H](CC[C@]4(C)[C@@H]3[C@H](O)C=C3[C@H]5CC(C)(C)CC[C@]5(CO)[C@@H](O)C[C@]34C)[C@]2(C)CO)[C@H](O)[C@@H](O)[C@H]1O. The minimum atomic E-state index is -1.42. The Morgan fingerprint density at radius 2 is 1.51 bits per heavy atom. The number of fused-ring (bicyclic) bond motifs is 7. The third-order valence-corrected chi connectivity index (χ3v) is 15.3. The first-order valence-electron chi connectivity index (χ1n) is 17.5. The molecule has 6 rings (SSSR count). The number of hydrogen-bond donors (Lipinski definition) is 7. The molecular weight excluding hydrogens is 576 g/mol. The van der Waals surface area contributed by atoms with E-state index >= 15 is 0 Å². The first-order valence-corrected chi connectivity index (χ1v) is 17.5. The smallest absolute Gasteiger partial charge is 0.186 e. The quantitative estimate of drug-likeness (QED) is 0.182. The van der Waals surface area contributed by atoms with Crippen LogP contribution in [0.2, 0.25) is 0 Å². The van der Waals surface area contributed by atoms with Crippen LogP contribution in [-0.2, 0) is 9.47 Å².